The van der Waals surface area contributed by atoms with Gasteiger partial charge >= 0.3 is 0 Å². The van der Waals surface area contributed by atoms with Crippen LogP contribution in [0, 0.1) is 11.8 Å². The van der Waals surface area contributed by atoms with Crippen LogP contribution in [0.4, 0.5) is 0 Å². The molecule has 12 heavy (non-hydrogen) atoms. The minimum absolute atomic E-state index is 0.658. The molecule has 0 amide bonds. The van der Waals surface area contributed by atoms with Crippen molar-refractivity contribution in [1.82, 2.24) is 0 Å². The molecule has 0 heterocycles. The van der Waals surface area contributed by atoms with Crippen molar-refractivity contribution >= 4 is 0 Å². The van der Waals surface area contributed by atoms with Crippen LogP contribution >= 0.6 is 0 Å². The SMILES string of the molecule is C=CC(C)CC(C)CC=C(C)C. The van der Waals surface area contributed by atoms with Gasteiger partial charge in [0.1, 0.15) is 0 Å². The van der Waals surface area contributed by atoms with Crippen molar-refractivity contribution in [2.45, 2.75) is 40.5 Å². The standard InChI is InChI=1S/C12H22/c1-6-11(4)9-12(5)8-7-10(2)3/h6-7,11-12H,1,8-9H2,2-5H3. The van der Waals surface area contributed by atoms with Crippen LogP contribution in [-0.4, -0.2) is 0 Å². The highest BCUT2D eigenvalue weighted by atomic mass is 14.1. The number of allylic oxidation sites excluding steroid dienone is 3. The topological polar surface area (TPSA) is 0 Å². The van der Waals surface area contributed by atoms with Gasteiger partial charge in [0, 0.05) is 0 Å². The van der Waals surface area contributed by atoms with Crippen LogP contribution in [0.25, 0.3) is 0 Å². The van der Waals surface area contributed by atoms with Crippen molar-refractivity contribution in [1.29, 1.82) is 0 Å². The van der Waals surface area contributed by atoms with Gasteiger partial charge in [-0.05, 0) is 38.5 Å². The third kappa shape index (κ3) is 6.21. The minimum Gasteiger partial charge on any atom is -0.103 e. The molecule has 0 saturated carbocycles. The molecule has 2 unspecified atom stereocenters. The average Bonchev–Trinajstić information content (AvgIpc) is 2.00. The summed E-state index contributed by atoms with van der Waals surface area (Å²) in [5.74, 6) is 1.44. The molecular weight excluding hydrogens is 144 g/mol. The second-order valence-electron chi connectivity index (χ2n) is 4.07. The van der Waals surface area contributed by atoms with Gasteiger partial charge in [0.2, 0.25) is 0 Å². The molecule has 0 aliphatic rings. The summed E-state index contributed by atoms with van der Waals surface area (Å²) >= 11 is 0. The van der Waals surface area contributed by atoms with Crippen molar-refractivity contribution in [3.8, 4) is 0 Å². The van der Waals surface area contributed by atoms with E-state index >= 15 is 0 Å². The Balaban J connectivity index is 3.66. The van der Waals surface area contributed by atoms with Gasteiger partial charge < -0.3 is 0 Å². The van der Waals surface area contributed by atoms with Crippen LogP contribution in [0.2, 0.25) is 0 Å². The quantitative estimate of drug-likeness (QED) is 0.537. The number of rotatable bonds is 5. The van der Waals surface area contributed by atoms with Gasteiger partial charge in [0.25, 0.3) is 0 Å². The minimum atomic E-state index is 0.658. The number of hydrogen-bond acceptors (Lipinski definition) is 0. The fourth-order valence-electron chi connectivity index (χ4n) is 1.26. The van der Waals surface area contributed by atoms with Gasteiger partial charge in [-0.25, -0.2) is 0 Å². The molecule has 0 aromatic carbocycles. The highest BCUT2D eigenvalue weighted by Crippen LogP contribution is 2.16. The summed E-state index contributed by atoms with van der Waals surface area (Å²) in [4.78, 5) is 0. The monoisotopic (exact) mass is 166 g/mol. The maximum Gasteiger partial charge on any atom is -0.0262 e. The first-order valence-corrected chi connectivity index (χ1v) is 4.82. The summed E-state index contributed by atoms with van der Waals surface area (Å²) in [6.45, 7) is 12.6. The summed E-state index contributed by atoms with van der Waals surface area (Å²) in [5.41, 5.74) is 1.42. The van der Waals surface area contributed by atoms with Crippen molar-refractivity contribution in [3.63, 3.8) is 0 Å². The van der Waals surface area contributed by atoms with Gasteiger partial charge in [0.15, 0.2) is 0 Å². The maximum absolute atomic E-state index is 3.79. The van der Waals surface area contributed by atoms with E-state index in [0.29, 0.717) is 5.92 Å². The van der Waals surface area contributed by atoms with Crippen LogP contribution in [0.3, 0.4) is 0 Å². The second kappa shape index (κ2) is 6.05. The molecule has 0 saturated heterocycles. The van der Waals surface area contributed by atoms with E-state index in [4.69, 9.17) is 0 Å². The lowest BCUT2D eigenvalue weighted by molar-refractivity contribution is 0.471. The summed E-state index contributed by atoms with van der Waals surface area (Å²) < 4.78 is 0. The zero-order valence-electron chi connectivity index (χ0n) is 8.93. The van der Waals surface area contributed by atoms with Gasteiger partial charge in [-0.1, -0.05) is 31.6 Å². The Bertz CT molecular complexity index is 149. The van der Waals surface area contributed by atoms with Crippen molar-refractivity contribution < 1.29 is 0 Å². The molecular formula is C12H22. The van der Waals surface area contributed by atoms with Gasteiger partial charge in [-0.15, -0.1) is 6.58 Å². The van der Waals surface area contributed by atoms with Gasteiger partial charge in [0.05, 0.1) is 0 Å². The maximum atomic E-state index is 3.79. The predicted molar refractivity (Wildman–Crippen MR) is 57.2 cm³/mol. The molecule has 0 nitrogen and oxygen atoms in total. The van der Waals surface area contributed by atoms with Crippen LogP contribution in [0.15, 0.2) is 24.3 Å². The lowest BCUT2D eigenvalue weighted by Gasteiger charge is -2.12. The Labute approximate surface area is 77.4 Å². The Morgan fingerprint density at radius 3 is 2.33 bits per heavy atom. The normalized spacial score (nSPS) is 15.0. The van der Waals surface area contributed by atoms with Crippen LogP contribution < -0.4 is 0 Å². The highest BCUT2D eigenvalue weighted by Gasteiger charge is 2.03. The van der Waals surface area contributed by atoms with E-state index in [0.717, 1.165) is 5.92 Å². The Morgan fingerprint density at radius 2 is 1.92 bits per heavy atom. The fraction of sp³-hybridized carbons (Fsp3) is 0.667. The van der Waals surface area contributed by atoms with E-state index in [1.807, 2.05) is 6.08 Å². The van der Waals surface area contributed by atoms with Crippen molar-refractivity contribution in [3.05, 3.63) is 24.3 Å². The van der Waals surface area contributed by atoms with Crippen molar-refractivity contribution in [2.75, 3.05) is 0 Å². The van der Waals surface area contributed by atoms with Crippen LogP contribution in [0.5, 0.6) is 0 Å². The Morgan fingerprint density at radius 1 is 1.33 bits per heavy atom. The predicted octanol–water partition coefficient (Wildman–Crippen LogP) is 4.19. The molecule has 0 spiro atoms. The zero-order chi connectivity index (χ0) is 9.56. The summed E-state index contributed by atoms with van der Waals surface area (Å²) in [6.07, 6.45) is 6.83. The fourth-order valence-corrected chi connectivity index (χ4v) is 1.26. The molecule has 0 aliphatic heterocycles. The second-order valence-corrected chi connectivity index (χ2v) is 4.07. The first-order chi connectivity index (χ1) is 5.56. The Hall–Kier alpha value is -0.520. The molecule has 0 aliphatic carbocycles. The lowest BCUT2D eigenvalue weighted by atomic mass is 9.94. The summed E-state index contributed by atoms with van der Waals surface area (Å²) in [7, 11) is 0. The van der Waals surface area contributed by atoms with Crippen LogP contribution in [-0.2, 0) is 0 Å². The van der Waals surface area contributed by atoms with Crippen LogP contribution in [0.1, 0.15) is 40.5 Å². The smallest absolute Gasteiger partial charge is 0.0262 e. The van der Waals surface area contributed by atoms with Crippen molar-refractivity contribution in [2.24, 2.45) is 11.8 Å². The zero-order valence-corrected chi connectivity index (χ0v) is 8.93. The Kier molecular flexibility index (Phi) is 5.79. The molecule has 70 valence electrons. The summed E-state index contributed by atoms with van der Waals surface area (Å²) in [5, 5.41) is 0. The molecule has 0 fully saturated rings. The average molecular weight is 166 g/mol. The van der Waals surface area contributed by atoms with Gasteiger partial charge in [-0.2, -0.15) is 0 Å². The highest BCUT2D eigenvalue weighted by molar-refractivity contribution is 4.94. The molecule has 0 radical (unpaired) electrons. The third-order valence-corrected chi connectivity index (χ3v) is 2.10. The molecule has 0 N–H and O–H groups in total. The molecule has 0 aromatic heterocycles. The molecule has 2 atom stereocenters. The first-order valence-electron chi connectivity index (χ1n) is 4.82. The van der Waals surface area contributed by atoms with E-state index in [1.54, 1.807) is 0 Å². The summed E-state index contributed by atoms with van der Waals surface area (Å²) in [6, 6.07) is 0. The third-order valence-electron chi connectivity index (χ3n) is 2.10. The van der Waals surface area contributed by atoms with E-state index in [-0.39, 0.29) is 0 Å². The molecule has 0 heteroatoms. The largest absolute Gasteiger partial charge is 0.103 e. The van der Waals surface area contributed by atoms with E-state index in [9.17, 15) is 0 Å². The molecule has 0 bridgehead atoms. The first kappa shape index (κ1) is 11.5. The number of hydrogen-bond donors (Lipinski definition) is 0. The molecule has 0 rings (SSSR count). The lowest BCUT2D eigenvalue weighted by Crippen LogP contribution is -1.99. The van der Waals surface area contributed by atoms with E-state index < -0.39 is 0 Å². The van der Waals surface area contributed by atoms with E-state index in [2.05, 4.69) is 40.3 Å². The molecule has 0 aromatic rings. The van der Waals surface area contributed by atoms with E-state index in [1.165, 1.54) is 18.4 Å². The van der Waals surface area contributed by atoms with Gasteiger partial charge in [-0.3, -0.25) is 0 Å².